The Morgan fingerprint density at radius 2 is 1.69 bits per heavy atom. The molecule has 2 amide bonds. The summed E-state index contributed by atoms with van der Waals surface area (Å²) in [6.07, 6.45) is 0. The Balaban J connectivity index is 2.02. The molecule has 0 spiro atoms. The van der Waals surface area contributed by atoms with Gasteiger partial charge in [-0.1, -0.05) is 26.0 Å². The smallest absolute Gasteiger partial charge is 0.262 e. The fourth-order valence-corrected chi connectivity index (χ4v) is 3.78. The van der Waals surface area contributed by atoms with E-state index in [4.69, 9.17) is 4.74 Å². The van der Waals surface area contributed by atoms with Crippen molar-refractivity contribution in [3.05, 3.63) is 50.6 Å². The quantitative estimate of drug-likeness (QED) is 0.681. The molecule has 0 aliphatic heterocycles. The van der Waals surface area contributed by atoms with Gasteiger partial charge in [-0.25, -0.2) is 0 Å². The minimum atomic E-state index is -0.636. The van der Waals surface area contributed by atoms with Crippen LogP contribution in [0.5, 0.6) is 5.75 Å². The number of nitrogens with one attached hydrogen (secondary N) is 2. The average Bonchev–Trinajstić information content (AvgIpc) is 3.05. The second-order valence-corrected chi connectivity index (χ2v) is 8.77. The molecule has 2 rings (SSSR count). The normalized spacial score (nSPS) is 13.2. The SMILES string of the molecule is COc1ccc(C(NC(=O)C(C)NC(=O)c2ccc(Br)s2)C(C)C)cc1. The number of hydrogen-bond donors (Lipinski definition) is 2. The van der Waals surface area contributed by atoms with Crippen LogP contribution in [-0.4, -0.2) is 25.0 Å². The maximum atomic E-state index is 12.6. The molecule has 140 valence electrons. The van der Waals surface area contributed by atoms with Crippen LogP contribution < -0.4 is 15.4 Å². The van der Waals surface area contributed by atoms with Gasteiger partial charge in [0, 0.05) is 0 Å². The number of amides is 2. The highest BCUT2D eigenvalue weighted by molar-refractivity contribution is 9.11. The molecule has 0 aliphatic rings. The summed E-state index contributed by atoms with van der Waals surface area (Å²) in [6, 6.07) is 10.4. The summed E-state index contributed by atoms with van der Waals surface area (Å²) < 4.78 is 6.05. The highest BCUT2D eigenvalue weighted by atomic mass is 79.9. The van der Waals surface area contributed by atoms with E-state index in [9.17, 15) is 9.59 Å². The lowest BCUT2D eigenvalue weighted by Crippen LogP contribution is -2.46. The molecule has 0 saturated carbocycles. The lowest BCUT2D eigenvalue weighted by Gasteiger charge is -2.25. The molecule has 5 nitrogen and oxygen atoms in total. The molecular formula is C19H23BrN2O3S. The fraction of sp³-hybridized carbons (Fsp3) is 0.368. The topological polar surface area (TPSA) is 67.4 Å². The zero-order chi connectivity index (χ0) is 19.3. The number of halogens is 1. The van der Waals surface area contributed by atoms with E-state index in [1.54, 1.807) is 20.1 Å². The van der Waals surface area contributed by atoms with Crippen molar-refractivity contribution < 1.29 is 14.3 Å². The minimum absolute atomic E-state index is 0.149. The monoisotopic (exact) mass is 438 g/mol. The van der Waals surface area contributed by atoms with Crippen LogP contribution in [0.25, 0.3) is 0 Å². The van der Waals surface area contributed by atoms with Gasteiger partial charge in [-0.2, -0.15) is 0 Å². The molecule has 7 heteroatoms. The molecular weight excluding hydrogens is 416 g/mol. The Hall–Kier alpha value is -1.86. The number of thiophene rings is 1. The zero-order valence-corrected chi connectivity index (χ0v) is 17.6. The van der Waals surface area contributed by atoms with Gasteiger partial charge < -0.3 is 15.4 Å². The zero-order valence-electron chi connectivity index (χ0n) is 15.2. The number of rotatable bonds is 7. The predicted octanol–water partition coefficient (Wildman–Crippen LogP) is 4.15. The van der Waals surface area contributed by atoms with Crippen LogP contribution in [0.3, 0.4) is 0 Å². The molecule has 2 atom stereocenters. The van der Waals surface area contributed by atoms with Gasteiger partial charge in [0.1, 0.15) is 11.8 Å². The van der Waals surface area contributed by atoms with Crippen molar-refractivity contribution >= 4 is 39.1 Å². The van der Waals surface area contributed by atoms with Gasteiger partial charge in [-0.15, -0.1) is 11.3 Å². The van der Waals surface area contributed by atoms with Crippen LogP contribution in [0, 0.1) is 5.92 Å². The van der Waals surface area contributed by atoms with E-state index in [0.29, 0.717) is 4.88 Å². The van der Waals surface area contributed by atoms with Crippen LogP contribution in [0.1, 0.15) is 42.0 Å². The highest BCUT2D eigenvalue weighted by Crippen LogP contribution is 2.24. The largest absolute Gasteiger partial charge is 0.497 e. The molecule has 2 N–H and O–H groups in total. The number of methoxy groups -OCH3 is 1. The van der Waals surface area contributed by atoms with Crippen molar-refractivity contribution in [1.29, 1.82) is 0 Å². The van der Waals surface area contributed by atoms with Crippen molar-refractivity contribution in [1.82, 2.24) is 10.6 Å². The summed E-state index contributed by atoms with van der Waals surface area (Å²) in [5.41, 5.74) is 0.995. The average molecular weight is 439 g/mol. The maximum Gasteiger partial charge on any atom is 0.262 e. The summed E-state index contributed by atoms with van der Waals surface area (Å²) in [6.45, 7) is 5.77. The van der Waals surface area contributed by atoms with Crippen molar-refractivity contribution in [2.75, 3.05) is 7.11 Å². The molecule has 1 aromatic heterocycles. The summed E-state index contributed by atoms with van der Waals surface area (Å²) in [5.74, 6) is 0.492. The van der Waals surface area contributed by atoms with Crippen LogP contribution in [0.2, 0.25) is 0 Å². The number of benzene rings is 1. The second kappa shape index (κ2) is 9.19. The van der Waals surface area contributed by atoms with E-state index in [0.717, 1.165) is 15.1 Å². The van der Waals surface area contributed by atoms with Gasteiger partial charge >= 0.3 is 0 Å². The minimum Gasteiger partial charge on any atom is -0.497 e. The highest BCUT2D eigenvalue weighted by Gasteiger charge is 2.23. The number of ether oxygens (including phenoxy) is 1. The first-order valence-corrected chi connectivity index (χ1v) is 9.93. The van der Waals surface area contributed by atoms with Crippen molar-refractivity contribution in [2.45, 2.75) is 32.9 Å². The third-order valence-electron chi connectivity index (χ3n) is 3.98. The molecule has 0 bridgehead atoms. The molecule has 26 heavy (non-hydrogen) atoms. The van der Waals surface area contributed by atoms with Crippen LogP contribution in [-0.2, 0) is 4.79 Å². The Bertz CT molecular complexity index is 758. The van der Waals surface area contributed by atoms with Crippen molar-refractivity contribution in [2.24, 2.45) is 5.92 Å². The second-order valence-electron chi connectivity index (χ2n) is 6.30. The fourth-order valence-electron chi connectivity index (χ4n) is 2.49. The summed E-state index contributed by atoms with van der Waals surface area (Å²) in [7, 11) is 1.62. The van der Waals surface area contributed by atoms with Gasteiger partial charge in [0.15, 0.2) is 0 Å². The van der Waals surface area contributed by atoms with Crippen LogP contribution in [0.15, 0.2) is 40.2 Å². The first kappa shape index (κ1) is 20.5. The van der Waals surface area contributed by atoms with Crippen LogP contribution in [0.4, 0.5) is 0 Å². The maximum absolute atomic E-state index is 12.6. The molecule has 2 aromatic rings. The van der Waals surface area contributed by atoms with Gasteiger partial charge in [-0.05, 0) is 58.6 Å². The third kappa shape index (κ3) is 5.32. The number of carbonyl (C=O) groups is 2. The number of carbonyl (C=O) groups excluding carboxylic acids is 2. The standard InChI is InChI=1S/C19H23BrN2O3S/c1-11(2)17(13-5-7-14(25-4)8-6-13)22-18(23)12(3)21-19(24)15-9-10-16(20)26-15/h5-12,17H,1-4H3,(H,21,24)(H,22,23). The van der Waals surface area contributed by atoms with Crippen molar-refractivity contribution in [3.63, 3.8) is 0 Å². The molecule has 1 aromatic carbocycles. The Morgan fingerprint density at radius 3 is 2.19 bits per heavy atom. The first-order valence-electron chi connectivity index (χ1n) is 8.32. The van der Waals surface area contributed by atoms with Crippen molar-refractivity contribution in [3.8, 4) is 5.75 Å². The predicted molar refractivity (Wildman–Crippen MR) is 108 cm³/mol. The first-order chi connectivity index (χ1) is 12.3. The Morgan fingerprint density at radius 1 is 1.04 bits per heavy atom. The summed E-state index contributed by atoms with van der Waals surface area (Å²) in [4.78, 5) is 25.3. The van der Waals surface area contributed by atoms with Crippen LogP contribution >= 0.6 is 27.3 Å². The van der Waals surface area contributed by atoms with E-state index >= 15 is 0 Å². The van der Waals surface area contributed by atoms with Gasteiger partial charge in [0.25, 0.3) is 5.91 Å². The number of hydrogen-bond acceptors (Lipinski definition) is 4. The van der Waals surface area contributed by atoms with E-state index in [1.165, 1.54) is 11.3 Å². The lowest BCUT2D eigenvalue weighted by molar-refractivity contribution is -0.123. The third-order valence-corrected chi connectivity index (χ3v) is 5.60. The molecule has 0 aliphatic carbocycles. The van der Waals surface area contributed by atoms with E-state index in [-0.39, 0.29) is 23.8 Å². The summed E-state index contributed by atoms with van der Waals surface area (Å²) >= 11 is 4.66. The molecule has 1 heterocycles. The van der Waals surface area contributed by atoms with E-state index in [1.807, 2.05) is 44.2 Å². The van der Waals surface area contributed by atoms with E-state index in [2.05, 4.69) is 26.6 Å². The van der Waals surface area contributed by atoms with E-state index < -0.39 is 6.04 Å². The van der Waals surface area contributed by atoms with Gasteiger partial charge in [-0.3, -0.25) is 9.59 Å². The molecule has 0 radical (unpaired) electrons. The Labute approximate surface area is 166 Å². The summed E-state index contributed by atoms with van der Waals surface area (Å²) in [5, 5.41) is 5.77. The molecule has 2 unspecified atom stereocenters. The van der Waals surface area contributed by atoms with Gasteiger partial charge in [0.2, 0.25) is 5.91 Å². The lowest BCUT2D eigenvalue weighted by atomic mass is 9.95. The Kier molecular flexibility index (Phi) is 7.23. The molecule has 0 saturated heterocycles. The van der Waals surface area contributed by atoms with Gasteiger partial charge in [0.05, 0.1) is 21.8 Å². The molecule has 0 fully saturated rings.